The second kappa shape index (κ2) is 13.5. The van der Waals surface area contributed by atoms with Crippen LogP contribution in [-0.4, -0.2) is 29.3 Å². The number of fused-ring (bicyclic) bond motifs is 1. The highest BCUT2D eigenvalue weighted by atomic mass is 19.1. The van der Waals surface area contributed by atoms with Gasteiger partial charge in [-0.25, -0.2) is 14.4 Å². The number of anilines is 1. The number of allylic oxidation sites excluding steroid dienone is 1. The lowest BCUT2D eigenvalue weighted by atomic mass is 9.91. The van der Waals surface area contributed by atoms with Gasteiger partial charge in [-0.1, -0.05) is 59.4 Å². The van der Waals surface area contributed by atoms with E-state index < -0.39 is 0 Å². The van der Waals surface area contributed by atoms with E-state index in [-0.39, 0.29) is 5.82 Å². The molecule has 0 aliphatic carbocycles. The molecule has 0 radical (unpaired) electrons. The van der Waals surface area contributed by atoms with Gasteiger partial charge in [0.05, 0.1) is 5.52 Å². The van der Waals surface area contributed by atoms with Gasteiger partial charge in [-0.05, 0) is 77.8 Å². The van der Waals surface area contributed by atoms with Gasteiger partial charge in [0.25, 0.3) is 0 Å². The Bertz CT molecular complexity index is 1170. The molecule has 0 amide bonds. The van der Waals surface area contributed by atoms with Crippen LogP contribution in [0.15, 0.2) is 72.0 Å². The number of benzene rings is 2. The topological polar surface area (TPSA) is 50.2 Å². The van der Waals surface area contributed by atoms with E-state index in [0.717, 1.165) is 51.5 Å². The molecule has 5 heteroatoms. The van der Waals surface area contributed by atoms with E-state index in [1.54, 1.807) is 25.5 Å². The number of aliphatic imine (C=N–C) groups is 1. The SMILES string of the molecule is C=C(/C=C\C(C)=NC)CNc1ncnc2c(C(C)CC)cc(-c3ccc(F)cc3)cc12.CC(C)C. The molecule has 0 saturated carbocycles. The Morgan fingerprint density at radius 2 is 1.71 bits per heavy atom. The van der Waals surface area contributed by atoms with Crippen molar-refractivity contribution >= 4 is 22.4 Å². The van der Waals surface area contributed by atoms with Gasteiger partial charge in [0.1, 0.15) is 18.0 Å². The molecule has 3 aromatic rings. The first kappa shape index (κ1) is 27.9. The summed E-state index contributed by atoms with van der Waals surface area (Å²) in [5.41, 5.74) is 5.95. The summed E-state index contributed by atoms with van der Waals surface area (Å²) in [4.78, 5) is 13.2. The molecule has 1 aromatic heterocycles. The lowest BCUT2D eigenvalue weighted by Crippen LogP contribution is -2.07. The molecule has 3 rings (SSSR count). The molecule has 186 valence electrons. The van der Waals surface area contributed by atoms with Crippen molar-refractivity contribution in [2.75, 3.05) is 18.9 Å². The van der Waals surface area contributed by atoms with Crippen molar-refractivity contribution < 1.29 is 4.39 Å². The van der Waals surface area contributed by atoms with E-state index in [1.165, 1.54) is 17.7 Å². The number of nitrogens with zero attached hydrogens (tertiary/aromatic N) is 3. The smallest absolute Gasteiger partial charge is 0.137 e. The average molecular weight is 475 g/mol. The Kier molecular flexibility index (Phi) is 10.8. The zero-order chi connectivity index (χ0) is 26.0. The number of aromatic nitrogens is 2. The van der Waals surface area contributed by atoms with Gasteiger partial charge in [-0.3, -0.25) is 4.99 Å². The Morgan fingerprint density at radius 1 is 1.06 bits per heavy atom. The molecular weight excluding hydrogens is 435 g/mol. The first-order chi connectivity index (χ1) is 16.7. The van der Waals surface area contributed by atoms with Crippen LogP contribution in [0.25, 0.3) is 22.0 Å². The molecular formula is C30H39FN4. The third-order valence-electron chi connectivity index (χ3n) is 5.48. The van der Waals surface area contributed by atoms with Crippen LogP contribution in [0, 0.1) is 11.7 Å². The molecule has 0 aliphatic rings. The molecule has 0 fully saturated rings. The minimum Gasteiger partial charge on any atom is -0.365 e. The van der Waals surface area contributed by atoms with Gasteiger partial charge in [0.2, 0.25) is 0 Å². The maximum absolute atomic E-state index is 13.4. The van der Waals surface area contributed by atoms with Gasteiger partial charge < -0.3 is 5.32 Å². The van der Waals surface area contributed by atoms with Crippen molar-refractivity contribution in [2.24, 2.45) is 10.9 Å². The summed E-state index contributed by atoms with van der Waals surface area (Å²) in [5.74, 6) is 1.68. The summed E-state index contributed by atoms with van der Waals surface area (Å²) in [5, 5.41) is 4.35. The fourth-order valence-corrected chi connectivity index (χ4v) is 3.31. The van der Waals surface area contributed by atoms with Gasteiger partial charge >= 0.3 is 0 Å². The molecule has 2 aromatic carbocycles. The number of rotatable bonds is 8. The van der Waals surface area contributed by atoms with Crippen LogP contribution >= 0.6 is 0 Å². The summed E-state index contributed by atoms with van der Waals surface area (Å²) >= 11 is 0. The Balaban J connectivity index is 0.00000100. The molecule has 0 aliphatic heterocycles. The van der Waals surface area contributed by atoms with Crippen LogP contribution in [0.2, 0.25) is 0 Å². The van der Waals surface area contributed by atoms with Crippen LogP contribution < -0.4 is 5.32 Å². The molecule has 0 saturated heterocycles. The number of halogens is 1. The Hall–Kier alpha value is -3.34. The fraction of sp³-hybridized carbons (Fsp3) is 0.367. The highest BCUT2D eigenvalue weighted by molar-refractivity contribution is 5.95. The van der Waals surface area contributed by atoms with Crippen LogP contribution in [0.5, 0.6) is 0 Å². The van der Waals surface area contributed by atoms with E-state index in [4.69, 9.17) is 0 Å². The lowest BCUT2D eigenvalue weighted by molar-refractivity contribution is 0.628. The monoisotopic (exact) mass is 474 g/mol. The lowest BCUT2D eigenvalue weighted by Gasteiger charge is -2.17. The summed E-state index contributed by atoms with van der Waals surface area (Å²) in [6.07, 6.45) is 6.48. The zero-order valence-corrected chi connectivity index (χ0v) is 22.2. The van der Waals surface area contributed by atoms with Gasteiger partial charge in [0.15, 0.2) is 0 Å². The summed E-state index contributed by atoms with van der Waals surface area (Å²) in [7, 11) is 1.77. The molecule has 0 spiro atoms. The standard InChI is InChI=1S/C26H29FN4.C4H10/c1-6-18(3)23-13-21(20-9-11-22(27)12-10-20)14-24-25(23)30-16-31-26(24)29-15-17(2)7-8-19(4)28-5;1-4(2)3/h7-14,16,18H,2,6,15H2,1,3-5H3,(H,29,30,31);4H,1-3H3/b8-7-,28-19?;. The maximum Gasteiger partial charge on any atom is 0.137 e. The molecule has 1 atom stereocenters. The number of hydrogen-bond donors (Lipinski definition) is 1. The van der Waals surface area contributed by atoms with E-state index in [9.17, 15) is 4.39 Å². The largest absolute Gasteiger partial charge is 0.365 e. The third kappa shape index (κ3) is 8.43. The van der Waals surface area contributed by atoms with Crippen LogP contribution in [-0.2, 0) is 0 Å². The number of nitrogens with one attached hydrogen (secondary N) is 1. The number of hydrogen-bond acceptors (Lipinski definition) is 4. The van der Waals surface area contributed by atoms with Gasteiger partial charge in [-0.2, -0.15) is 0 Å². The van der Waals surface area contributed by atoms with Gasteiger partial charge in [0, 0.05) is 24.7 Å². The molecule has 4 nitrogen and oxygen atoms in total. The van der Waals surface area contributed by atoms with Crippen molar-refractivity contribution in [1.82, 2.24) is 9.97 Å². The van der Waals surface area contributed by atoms with Crippen LogP contribution in [0.4, 0.5) is 10.2 Å². The summed E-state index contributed by atoms with van der Waals surface area (Å²) in [6, 6.07) is 10.8. The molecule has 1 N–H and O–H groups in total. The highest BCUT2D eigenvalue weighted by Gasteiger charge is 2.15. The third-order valence-corrected chi connectivity index (χ3v) is 5.48. The minimum absolute atomic E-state index is 0.243. The van der Waals surface area contributed by atoms with E-state index in [0.29, 0.717) is 12.5 Å². The quantitative estimate of drug-likeness (QED) is 0.264. The normalized spacial score (nSPS) is 12.5. The summed E-state index contributed by atoms with van der Waals surface area (Å²) < 4.78 is 13.4. The first-order valence-electron chi connectivity index (χ1n) is 12.2. The highest BCUT2D eigenvalue weighted by Crippen LogP contribution is 2.34. The molecule has 35 heavy (non-hydrogen) atoms. The van der Waals surface area contributed by atoms with E-state index >= 15 is 0 Å². The van der Waals surface area contributed by atoms with Crippen molar-refractivity contribution in [3.8, 4) is 11.1 Å². The second-order valence-electron chi connectivity index (χ2n) is 9.44. The second-order valence-corrected chi connectivity index (χ2v) is 9.44. The van der Waals surface area contributed by atoms with Crippen molar-refractivity contribution in [3.63, 3.8) is 0 Å². The van der Waals surface area contributed by atoms with Gasteiger partial charge in [-0.15, -0.1) is 0 Å². The average Bonchev–Trinajstić information content (AvgIpc) is 2.84. The van der Waals surface area contributed by atoms with E-state index in [1.807, 2.05) is 19.1 Å². The molecule has 1 unspecified atom stereocenters. The molecule has 0 bridgehead atoms. The van der Waals surface area contributed by atoms with Crippen molar-refractivity contribution in [2.45, 2.75) is 53.9 Å². The van der Waals surface area contributed by atoms with Crippen molar-refractivity contribution in [3.05, 3.63) is 78.4 Å². The molecule has 1 heterocycles. The first-order valence-corrected chi connectivity index (χ1v) is 12.2. The minimum atomic E-state index is -0.243. The Labute approximate surface area is 210 Å². The predicted molar refractivity (Wildman–Crippen MR) is 150 cm³/mol. The fourth-order valence-electron chi connectivity index (χ4n) is 3.31. The van der Waals surface area contributed by atoms with Crippen LogP contribution in [0.1, 0.15) is 59.4 Å². The summed E-state index contributed by atoms with van der Waals surface area (Å²) in [6.45, 7) is 17.5. The predicted octanol–water partition coefficient (Wildman–Crippen LogP) is 8.23. The van der Waals surface area contributed by atoms with Crippen molar-refractivity contribution in [1.29, 1.82) is 0 Å². The van der Waals surface area contributed by atoms with E-state index in [2.05, 4.69) is 73.6 Å². The maximum atomic E-state index is 13.4. The Morgan fingerprint density at radius 3 is 2.31 bits per heavy atom. The van der Waals surface area contributed by atoms with Crippen LogP contribution in [0.3, 0.4) is 0 Å². The zero-order valence-electron chi connectivity index (χ0n) is 22.2.